The number of amides is 4. The maximum absolute atomic E-state index is 13.2. The van der Waals surface area contributed by atoms with Crippen LogP contribution in [0.1, 0.15) is 181 Å². The van der Waals surface area contributed by atoms with E-state index >= 15 is 0 Å². The first-order valence-electron chi connectivity index (χ1n) is 30.1. The van der Waals surface area contributed by atoms with Gasteiger partial charge in [-0.1, -0.05) is 76.9 Å². The second-order valence-corrected chi connectivity index (χ2v) is 34.4. The molecule has 2 atom stereocenters. The third kappa shape index (κ3) is 20.6. The predicted molar refractivity (Wildman–Crippen MR) is 355 cm³/mol. The summed E-state index contributed by atoms with van der Waals surface area (Å²) in [6.07, 6.45) is 9.17. The Labute approximate surface area is 547 Å². The van der Waals surface area contributed by atoms with Gasteiger partial charge in [0, 0.05) is 76.4 Å². The highest BCUT2D eigenvalue weighted by atomic mass is 35.5. The second-order valence-electron chi connectivity index (χ2n) is 28.7. The molecular weight excluding hydrogens is 1270 g/mol. The van der Waals surface area contributed by atoms with E-state index in [-0.39, 0.29) is 71.9 Å². The summed E-state index contributed by atoms with van der Waals surface area (Å²) in [5, 5.41) is 1.68. The molecule has 2 aliphatic heterocycles. The van der Waals surface area contributed by atoms with Crippen molar-refractivity contribution < 1.29 is 58.1 Å². The van der Waals surface area contributed by atoms with Crippen LogP contribution < -0.4 is 9.44 Å². The number of rotatable bonds is 15. The maximum atomic E-state index is 13.2. The van der Waals surface area contributed by atoms with E-state index in [1.165, 1.54) is 30.3 Å². The van der Waals surface area contributed by atoms with Crippen molar-refractivity contribution in [3.8, 4) is 0 Å². The number of carbonyl (C=O) groups is 4. The number of carbonyl (C=O) groups excluding carboxylic acids is 4. The first-order chi connectivity index (χ1) is 41.6. The number of aromatic amines is 1. The van der Waals surface area contributed by atoms with Crippen LogP contribution in [-0.4, -0.2) is 127 Å². The van der Waals surface area contributed by atoms with E-state index in [4.69, 9.17) is 36.9 Å². The molecule has 0 aliphatic carbocycles. The Kier molecular flexibility index (Phi) is 22.8. The van der Waals surface area contributed by atoms with E-state index < -0.39 is 53.2 Å². The molecule has 0 spiro atoms. The third-order valence-electron chi connectivity index (χ3n) is 15.3. The van der Waals surface area contributed by atoms with Gasteiger partial charge in [0.15, 0.2) is 0 Å². The number of hydrogen-bond donors (Lipinski definition) is 3. The van der Waals surface area contributed by atoms with Gasteiger partial charge in [0.25, 0.3) is 42.0 Å². The van der Waals surface area contributed by atoms with Crippen molar-refractivity contribution >= 4 is 99.2 Å². The van der Waals surface area contributed by atoms with Gasteiger partial charge in [-0.15, -0.1) is 0 Å². The maximum Gasteiger partial charge on any atom is 0.410 e. The van der Waals surface area contributed by atoms with Crippen LogP contribution in [0.25, 0.3) is 21.8 Å². The number of hydrogen-bond acceptors (Lipinski definition) is 15. The number of fused-ring (bicyclic) bond motifs is 2. The SMILES string of the molecule is CC(C)(C)OC(=O)N1C[C@@H](CCCOS(C)(=O)=O)CC1(C)C.CC(C)(C)OC(=O)N1C[C@@H](CCCn2ccc3ccc(S(=O)(=O)NC(=O)c4ccc(C(C)(C)C)nc4Cl)cc32)CC1(C)C.CC(C)(C)c1ccc(C(=O)NS(=O)(=O)c2ccc3cc[nH]c3c2)c(Cl)n1. The molecule has 8 rings (SSSR count). The highest BCUT2D eigenvalue weighted by Crippen LogP contribution is 2.38. The minimum Gasteiger partial charge on any atom is -0.444 e. The summed E-state index contributed by atoms with van der Waals surface area (Å²) in [5.41, 5.74) is 0.722. The van der Waals surface area contributed by atoms with Gasteiger partial charge in [0.2, 0.25) is 0 Å². The lowest BCUT2D eigenvalue weighted by molar-refractivity contribution is 0.0118. The van der Waals surface area contributed by atoms with Crippen molar-refractivity contribution in [3.63, 3.8) is 0 Å². The monoisotopic (exact) mass is 1360 g/mol. The number of aromatic nitrogens is 4. The highest BCUT2D eigenvalue weighted by Gasteiger charge is 2.44. The molecule has 2 aromatic carbocycles. The topological polar surface area (TPSA) is 275 Å². The molecule has 2 saturated heterocycles. The summed E-state index contributed by atoms with van der Waals surface area (Å²) < 4.78 is 95.3. The molecule has 6 heterocycles. The fourth-order valence-corrected chi connectivity index (χ4v) is 13.7. The lowest BCUT2D eigenvalue weighted by atomic mass is 9.91. The molecule has 2 aliphatic rings. The normalized spacial score (nSPS) is 17.0. The molecule has 3 N–H and O–H groups in total. The third-order valence-corrected chi connectivity index (χ3v) is 19.1. The first-order valence-corrected chi connectivity index (χ1v) is 35.7. The largest absolute Gasteiger partial charge is 0.444 e. The van der Waals surface area contributed by atoms with E-state index in [1.807, 2.05) is 129 Å². The lowest BCUT2D eigenvalue weighted by Crippen LogP contribution is -2.45. The van der Waals surface area contributed by atoms with Crippen molar-refractivity contribution in [1.29, 1.82) is 0 Å². The number of nitrogens with one attached hydrogen (secondary N) is 3. The van der Waals surface area contributed by atoms with E-state index in [1.54, 1.807) is 41.4 Å². The van der Waals surface area contributed by atoms with E-state index in [2.05, 4.69) is 33.5 Å². The van der Waals surface area contributed by atoms with Crippen molar-refractivity contribution in [1.82, 2.24) is 38.8 Å². The number of aryl methyl sites for hydroxylation is 1. The average molecular weight is 1360 g/mol. The van der Waals surface area contributed by atoms with E-state index in [0.717, 1.165) is 54.6 Å². The number of pyridine rings is 2. The number of nitrogens with zero attached hydrogens (tertiary/aromatic N) is 5. The first kappa shape index (κ1) is 73.7. The number of sulfonamides is 2. The van der Waals surface area contributed by atoms with Gasteiger partial charge >= 0.3 is 12.2 Å². The molecule has 0 unspecified atom stereocenters. The minimum absolute atomic E-state index is 0.00388. The van der Waals surface area contributed by atoms with Crippen molar-refractivity contribution in [2.24, 2.45) is 11.8 Å². The van der Waals surface area contributed by atoms with Gasteiger partial charge in [-0.05, 0) is 191 Å². The van der Waals surface area contributed by atoms with Crippen LogP contribution in [0.2, 0.25) is 10.3 Å². The molecule has 0 radical (unpaired) electrons. The number of halogens is 2. The Morgan fingerprint density at radius 1 is 0.604 bits per heavy atom. The van der Waals surface area contributed by atoms with Gasteiger partial charge < -0.3 is 28.8 Å². The molecule has 4 amide bonds. The molecule has 4 aromatic heterocycles. The Bertz CT molecular complexity index is 3990. The van der Waals surface area contributed by atoms with Gasteiger partial charge in [-0.25, -0.2) is 45.8 Å². The molecule has 500 valence electrons. The van der Waals surface area contributed by atoms with Gasteiger partial charge in [0.05, 0.1) is 33.8 Å². The van der Waals surface area contributed by atoms with Crippen LogP contribution in [-0.2, 0) is 61.2 Å². The van der Waals surface area contributed by atoms with Gasteiger partial charge in [0.1, 0.15) is 21.5 Å². The Hall–Kier alpha value is -6.31. The molecular formula is C65H90Cl2N8O13S3. The zero-order valence-corrected chi connectivity index (χ0v) is 59.3. The molecule has 6 aromatic rings. The van der Waals surface area contributed by atoms with Gasteiger partial charge in [-0.3, -0.25) is 13.8 Å². The summed E-state index contributed by atoms with van der Waals surface area (Å²) in [6, 6.07) is 19.4. The standard InChI is InChI=1S/C32H43ClN4O5S.C18H18ClN3O3S.C15H29NO5S/c1-30(2,3)26-14-13-24(27(33)34-26)28(38)35-43(40,41)23-12-11-22-15-17-36(25(22)18-23)16-9-10-21-19-32(7,8)37(20-21)29(39)42-31(4,5)6;1-18(2,3)15-7-6-13(16(19)21-15)17(23)22-26(24,25)12-5-4-11-8-9-20-14(11)10-12;1-14(2,3)21-13(17)16-11-12(10-15(16,4)5)8-7-9-20-22(6,18)19/h11-15,17-18,21H,9-10,16,19-20H2,1-8H3,(H,35,38);4-10,20H,1-3H3,(H,22,23);12H,7-11H2,1-6H3/t21-;;12-/m0.0/s1. The van der Waals surface area contributed by atoms with Crippen LogP contribution in [0.5, 0.6) is 0 Å². The molecule has 0 saturated carbocycles. The Morgan fingerprint density at radius 3 is 1.47 bits per heavy atom. The minimum atomic E-state index is -4.17. The van der Waals surface area contributed by atoms with Crippen LogP contribution >= 0.6 is 23.2 Å². The summed E-state index contributed by atoms with van der Waals surface area (Å²) in [5.74, 6) is -0.983. The molecule has 91 heavy (non-hydrogen) atoms. The summed E-state index contributed by atoms with van der Waals surface area (Å²) in [6.45, 7) is 33.4. The molecule has 21 nitrogen and oxygen atoms in total. The van der Waals surface area contributed by atoms with Crippen LogP contribution in [0, 0.1) is 11.8 Å². The summed E-state index contributed by atoms with van der Waals surface area (Å²) in [7, 11) is -11.6. The van der Waals surface area contributed by atoms with Crippen LogP contribution in [0.3, 0.4) is 0 Å². The molecule has 0 bridgehead atoms. The van der Waals surface area contributed by atoms with Crippen molar-refractivity contribution in [3.05, 3.63) is 118 Å². The fraction of sp³-hybridized carbons (Fsp3) is 0.538. The van der Waals surface area contributed by atoms with Crippen LogP contribution in [0.4, 0.5) is 9.59 Å². The predicted octanol–water partition coefficient (Wildman–Crippen LogP) is 13.3. The summed E-state index contributed by atoms with van der Waals surface area (Å²) >= 11 is 12.4. The number of ether oxygens (including phenoxy) is 2. The average Bonchev–Trinajstić information content (AvgIpc) is 1.82. The lowest BCUT2D eigenvalue weighted by Gasteiger charge is -2.33. The van der Waals surface area contributed by atoms with Crippen molar-refractivity contribution in [2.75, 3.05) is 26.0 Å². The Morgan fingerprint density at radius 2 is 1.04 bits per heavy atom. The fourth-order valence-electron chi connectivity index (χ4n) is 10.8. The number of benzene rings is 2. The zero-order valence-electron chi connectivity index (χ0n) is 55.3. The Balaban J connectivity index is 0.000000234. The second kappa shape index (κ2) is 28.1. The van der Waals surface area contributed by atoms with Gasteiger partial charge in [-0.2, -0.15) is 8.42 Å². The summed E-state index contributed by atoms with van der Waals surface area (Å²) in [4.78, 5) is 65.4. The zero-order chi connectivity index (χ0) is 68.3. The smallest absolute Gasteiger partial charge is 0.410 e. The quantitative estimate of drug-likeness (QED) is 0.0490. The number of likely N-dealkylation sites (tertiary alicyclic amines) is 2. The van der Waals surface area contributed by atoms with Crippen LogP contribution in [0.15, 0.2) is 95.0 Å². The van der Waals surface area contributed by atoms with E-state index in [0.29, 0.717) is 54.8 Å². The highest BCUT2D eigenvalue weighted by molar-refractivity contribution is 7.90. The van der Waals surface area contributed by atoms with Crippen molar-refractivity contribution in [2.45, 2.75) is 199 Å². The molecule has 26 heteroatoms. The molecule has 2 fully saturated rings. The number of H-pyrrole nitrogens is 1. The van der Waals surface area contributed by atoms with E-state index in [9.17, 15) is 44.4 Å².